The molecule has 0 spiro atoms. The van der Waals surface area contributed by atoms with Gasteiger partial charge in [0, 0.05) is 192 Å². The molecule has 6 saturated heterocycles. The standard InChI is InChI=1S/6C17H22N6O/c6*1-11-5-6-23(15(24)8-18-3)9-14(11)22(4)17-13-7-12(2)21-16(13)19-10-20-17/h6*7,10-11,14H,5-6,8-9H2,1-2,4H3,(H,19,20,21)/t6*11-,14+/m111111/s1/i1D3,7D,10D,11D,14D;1D3,4D3,7D,10D,11D;4D3,7D,10D,14D;4D3,7D,10D,11D;1D3,4D3,7D,10D;4D3,7D,10D. The molecule has 42 heteroatoms. The first kappa shape index (κ1) is 63.2. The SMILES string of the molecule is [2H]c1nc(N(C([2H])([2H])[2H])[C@@]2([2H])CN(C(=O)C[N+]#[C-])CC[C@H]2C)c2c([2H])c(C)[nH]c2n1.[2H]c1nc(N(C)[C@@]2([2H])CN(C(=O)C[N+]#[C-])CC[C@@]2([2H])C([2H])([2H])[2H])c2c([2H])c(C)[nH]c2n1.[2H]c1nc(N([C@H]2CN(C(=O)C[N+]#[C-])CC[C@@]2([2H])C([2H])([2H])[2H])C([2H])([2H])[2H])c2c([2H])c(C)[nH]c2n1.[2H]c1nc(N([C@H]2CN(C(=O)C[N+]#[C-])CC[C@@]2([2H])C)C([2H])([2H])[2H])c2c([2H])c(C)[nH]c2n1.[2H]c1nc(N([C@H]2CN(C(=O)C[N+]#[C-])CC[C@H]2C([2H])([2H])[2H])C([2H])([2H])[2H])c2c([2H])c(C)[nH]c2n1.[2H]c1nc(N([C@H]2CN(C(=O)C[N+]#[C-])CC[C@H]2C)C([2H])([2H])[2H])c2c([2H])c(C)[nH]c2n1. The quantitative estimate of drug-likeness (QED) is 0.0435. The fourth-order valence-electron chi connectivity index (χ4n) is 17.1. The maximum Gasteiger partial charge on any atom is 0.302 e. The van der Waals surface area contributed by atoms with Gasteiger partial charge in [0.25, 0.3) is 39.3 Å². The van der Waals surface area contributed by atoms with Crippen LogP contribution in [0.1, 0.15) is 170 Å². The average molecular weight is 2000 g/mol. The average Bonchev–Trinajstić information content (AvgIpc) is 1.60. The first-order valence-corrected chi connectivity index (χ1v) is 45.3. The fourth-order valence-corrected chi connectivity index (χ4v) is 17.1. The van der Waals surface area contributed by atoms with Crippen LogP contribution in [0.15, 0.2) is 74.1 Å². The topological polar surface area (TPSA) is 417 Å². The zero-order chi connectivity index (χ0) is 139. The number of fused-ring (bicyclic) bond motifs is 6. The van der Waals surface area contributed by atoms with E-state index in [1.165, 1.54) is 36.4 Å². The Balaban J connectivity index is 0.000000180. The number of aromatic nitrogens is 18. The van der Waals surface area contributed by atoms with E-state index in [4.69, 9.17) is 95.6 Å². The Hall–Kier alpha value is -15.7. The van der Waals surface area contributed by atoms with Crippen LogP contribution in [0.4, 0.5) is 34.9 Å². The molecule has 0 aliphatic carbocycles. The number of nitrogens with zero attached hydrogens (tertiary/aromatic N) is 30. The largest absolute Gasteiger partial charge is 0.354 e. The van der Waals surface area contributed by atoms with Crippen molar-refractivity contribution in [1.82, 2.24) is 119 Å². The molecule has 6 aliphatic heterocycles. The Labute approximate surface area is 897 Å². The van der Waals surface area contributed by atoms with Gasteiger partial charge in [-0.2, -0.15) is 0 Å². The zero-order valence-electron chi connectivity index (χ0n) is 121. The Bertz CT molecular complexity index is 8900. The lowest BCUT2D eigenvalue weighted by atomic mass is 9.92. The van der Waals surface area contributed by atoms with Gasteiger partial charge in [-0.3, -0.25) is 28.8 Å². The van der Waals surface area contributed by atoms with Gasteiger partial charge in [-0.25, -0.2) is 99.2 Å². The molecule has 0 unspecified atom stereocenters. The van der Waals surface area contributed by atoms with Crippen LogP contribution in [-0.4, -0.2) is 350 Å². The van der Waals surface area contributed by atoms with Crippen LogP contribution in [-0.2, 0) is 28.8 Å². The van der Waals surface area contributed by atoms with Crippen LogP contribution in [0.5, 0.6) is 0 Å². The number of amides is 6. The Morgan fingerprint density at radius 1 is 0.312 bits per heavy atom. The number of aromatic amines is 6. The van der Waals surface area contributed by atoms with Gasteiger partial charge in [0.1, 0.15) is 115 Å². The second-order valence-corrected chi connectivity index (χ2v) is 34.8. The summed E-state index contributed by atoms with van der Waals surface area (Å²) in [5.41, 5.74) is 3.42. The Morgan fingerprint density at radius 2 is 0.549 bits per heavy atom. The molecule has 12 aromatic rings. The molecule has 0 radical (unpaired) electrons. The number of piperidine rings is 6. The van der Waals surface area contributed by atoms with Gasteiger partial charge in [0.2, 0.25) is 0 Å². The lowest BCUT2D eigenvalue weighted by Crippen LogP contribution is -2.53. The molecule has 18 heterocycles. The molecule has 0 saturated carbocycles. The minimum Gasteiger partial charge on any atom is -0.354 e. The number of likely N-dealkylation sites (tertiary alicyclic amines) is 6. The second kappa shape index (κ2) is 47.7. The summed E-state index contributed by atoms with van der Waals surface area (Å²) in [5, 5.41) is 0.732. The molecular formula is C102H132N36O6. The number of rotatable bonds is 18. The third-order valence-electron chi connectivity index (χ3n) is 25.0. The lowest BCUT2D eigenvalue weighted by Gasteiger charge is -2.41. The number of likely N-dealkylation sites (N-methyl/N-ethyl adjacent to an activating group) is 6. The number of anilines is 6. The number of nitrogens with one attached hydrogen (secondary N) is 6. The molecule has 0 aromatic carbocycles. The van der Waals surface area contributed by atoms with E-state index in [2.05, 4.69) is 119 Å². The van der Waals surface area contributed by atoms with E-state index in [9.17, 15) is 28.8 Å². The smallest absolute Gasteiger partial charge is 0.302 e. The summed E-state index contributed by atoms with van der Waals surface area (Å²) in [6, 6.07) is -8.54. The Morgan fingerprint density at radius 3 is 0.847 bits per heavy atom. The van der Waals surface area contributed by atoms with E-state index < -0.39 is 215 Å². The normalized spacial score (nSPS) is 28.2. The van der Waals surface area contributed by atoms with Crippen molar-refractivity contribution in [3.05, 3.63) is 177 Å². The number of H-pyrrole nitrogens is 6. The molecule has 6 N–H and O–H groups in total. The van der Waals surface area contributed by atoms with Crippen LogP contribution < -0.4 is 29.4 Å². The van der Waals surface area contributed by atoms with Crippen molar-refractivity contribution in [3.8, 4) is 0 Å². The van der Waals surface area contributed by atoms with Crippen molar-refractivity contribution in [3.63, 3.8) is 0 Å². The maximum atomic E-state index is 12.4. The zero-order valence-corrected chi connectivity index (χ0v) is 80.4. The molecule has 12 atom stereocenters. The number of hydrogen-bond acceptors (Lipinski definition) is 24. The van der Waals surface area contributed by atoms with Crippen molar-refractivity contribution < 1.29 is 85.0 Å². The fraction of sp³-hybridized carbons (Fsp3) is 0.529. The molecule has 42 nitrogen and oxygen atoms in total. The summed E-state index contributed by atoms with van der Waals surface area (Å²) in [6.45, 7) is 31.2. The molecular weight excluding hydrogens is 1830 g/mol. The van der Waals surface area contributed by atoms with Crippen molar-refractivity contribution in [2.45, 2.75) is 158 Å². The van der Waals surface area contributed by atoms with Crippen LogP contribution in [0.25, 0.3) is 95.3 Å². The van der Waals surface area contributed by atoms with Gasteiger partial charge in [0.05, 0.1) is 79.5 Å². The number of aryl methyl sites for hydroxylation is 6. The van der Waals surface area contributed by atoms with Crippen molar-refractivity contribution >= 4 is 137 Å². The molecule has 756 valence electrons. The van der Waals surface area contributed by atoms with E-state index in [1.54, 1.807) is 55.4 Å². The second-order valence-electron chi connectivity index (χ2n) is 34.8. The summed E-state index contributed by atoms with van der Waals surface area (Å²) in [7, 11) is 1.37. The van der Waals surface area contributed by atoms with Crippen LogP contribution >= 0.6 is 0 Å². The van der Waals surface area contributed by atoms with Gasteiger partial charge in [-0.1, -0.05) is 41.3 Å². The van der Waals surface area contributed by atoms with Gasteiger partial charge < -0.3 is 118 Å². The molecule has 18 rings (SSSR count). The summed E-state index contributed by atoms with van der Waals surface area (Å²) >= 11 is 0. The molecule has 0 bridgehead atoms. The van der Waals surface area contributed by atoms with E-state index in [0.29, 0.717) is 65.0 Å². The highest BCUT2D eigenvalue weighted by atomic mass is 16.2. The summed E-state index contributed by atoms with van der Waals surface area (Å²) in [6.07, 6.45) is -2.22. The van der Waals surface area contributed by atoms with Crippen LogP contribution in [0.3, 0.4) is 0 Å². The highest BCUT2D eigenvalue weighted by Gasteiger charge is 2.41. The monoisotopic (exact) mass is 2000 g/mol. The van der Waals surface area contributed by atoms with E-state index in [-0.39, 0.29) is 253 Å². The predicted octanol–water partition coefficient (Wildman–Crippen LogP) is 11.2. The number of carbonyl (C=O) groups excluding carboxylic acids is 6. The van der Waals surface area contributed by atoms with E-state index in [0.717, 1.165) is 24.5 Å². The molecule has 6 aliphatic rings. The van der Waals surface area contributed by atoms with Crippen molar-refractivity contribution in [2.75, 3.05) is 189 Å². The van der Waals surface area contributed by atoms with Crippen LogP contribution in [0.2, 0.25) is 0 Å². The number of carbonyl (C=O) groups is 6. The molecule has 144 heavy (non-hydrogen) atoms. The predicted molar refractivity (Wildman–Crippen MR) is 556 cm³/mol. The summed E-state index contributed by atoms with van der Waals surface area (Å²) in [5.74, 6) is -11.5. The van der Waals surface area contributed by atoms with Gasteiger partial charge in [-0.05, 0) is 152 Å². The van der Waals surface area contributed by atoms with Crippen molar-refractivity contribution in [2.24, 2.45) is 35.4 Å². The van der Waals surface area contributed by atoms with E-state index in [1.807, 2.05) is 6.92 Å². The highest BCUT2D eigenvalue weighted by Crippen LogP contribution is 2.38. The molecule has 12 aromatic heterocycles. The first-order valence-electron chi connectivity index (χ1n) is 65.8. The van der Waals surface area contributed by atoms with Crippen molar-refractivity contribution in [1.29, 1.82) is 0 Å². The first-order chi connectivity index (χ1) is 85.4. The van der Waals surface area contributed by atoms with Crippen LogP contribution in [0, 0.1) is 116 Å². The molecule has 6 fully saturated rings. The summed E-state index contributed by atoms with van der Waals surface area (Å²) in [4.78, 5) is 171. The van der Waals surface area contributed by atoms with Gasteiger partial charge in [-0.15, -0.1) is 0 Å². The van der Waals surface area contributed by atoms with Gasteiger partial charge >= 0.3 is 35.4 Å². The molecule has 6 amide bonds. The third-order valence-corrected chi connectivity index (χ3v) is 25.0. The highest BCUT2D eigenvalue weighted by molar-refractivity contribution is 5.94. The minimum atomic E-state index is -3.04. The van der Waals surface area contributed by atoms with E-state index >= 15 is 0 Å². The lowest BCUT2D eigenvalue weighted by molar-refractivity contribution is -0.131. The third kappa shape index (κ3) is 24.5. The summed E-state index contributed by atoms with van der Waals surface area (Å²) < 4.78 is 336. The maximum absolute atomic E-state index is 12.4. The van der Waals surface area contributed by atoms with Gasteiger partial charge in [0.15, 0.2) is 0 Å². The minimum absolute atomic E-state index is 0.000653. The Kier molecular flexibility index (Phi) is 20.9. The number of hydrogen-bond donors (Lipinski definition) is 6.